The van der Waals surface area contributed by atoms with Crippen molar-refractivity contribution in [1.29, 1.82) is 0 Å². The van der Waals surface area contributed by atoms with Crippen LogP contribution < -0.4 is 4.90 Å². The number of rotatable bonds is 6. The first-order valence-corrected chi connectivity index (χ1v) is 9.83. The first kappa shape index (κ1) is 20.1. The zero-order valence-electron chi connectivity index (χ0n) is 17.0. The highest BCUT2D eigenvalue weighted by molar-refractivity contribution is 6.11. The minimum Gasteiger partial charge on any atom is -0.455 e. The number of carbonyl (C=O) groups is 2. The molecule has 0 radical (unpaired) electrons. The lowest BCUT2D eigenvalue weighted by molar-refractivity contribution is 0.0464. The molecule has 0 fully saturated rings. The van der Waals surface area contributed by atoms with Crippen molar-refractivity contribution in [3.8, 4) is 5.69 Å². The predicted octanol–water partition coefficient (Wildman–Crippen LogP) is 4.51. The van der Waals surface area contributed by atoms with E-state index in [2.05, 4.69) is 5.10 Å². The largest absolute Gasteiger partial charge is 0.455 e. The lowest BCUT2D eigenvalue weighted by Crippen LogP contribution is -2.28. The summed E-state index contributed by atoms with van der Waals surface area (Å²) in [5, 5.41) is 4.44. The second kappa shape index (κ2) is 9.09. The lowest BCUT2D eigenvalue weighted by Gasteiger charge is -2.18. The van der Waals surface area contributed by atoms with Crippen molar-refractivity contribution in [2.24, 2.45) is 0 Å². The van der Waals surface area contributed by atoms with Crippen molar-refractivity contribution >= 4 is 17.6 Å². The smallest absolute Gasteiger partial charge is 0.339 e. The van der Waals surface area contributed by atoms with Crippen molar-refractivity contribution in [3.05, 3.63) is 114 Å². The Kier molecular flexibility index (Phi) is 5.89. The second-order valence-electron chi connectivity index (χ2n) is 6.91. The van der Waals surface area contributed by atoms with Crippen LogP contribution in [0, 0.1) is 0 Å². The van der Waals surface area contributed by atoms with Crippen LogP contribution >= 0.6 is 0 Å². The molecule has 1 amide bonds. The van der Waals surface area contributed by atoms with Gasteiger partial charge in [0.2, 0.25) is 0 Å². The molecule has 3 aromatic carbocycles. The van der Waals surface area contributed by atoms with Gasteiger partial charge in [-0.15, -0.1) is 0 Å². The molecule has 0 aliphatic carbocycles. The summed E-state index contributed by atoms with van der Waals surface area (Å²) in [6, 6.07) is 27.4. The first-order valence-electron chi connectivity index (χ1n) is 9.83. The van der Waals surface area contributed by atoms with Crippen LogP contribution in [-0.2, 0) is 11.3 Å². The van der Waals surface area contributed by atoms with E-state index < -0.39 is 5.97 Å². The summed E-state index contributed by atoms with van der Waals surface area (Å²) in [6.07, 6.45) is 1.81. The average Bonchev–Trinajstić information content (AvgIpc) is 3.32. The molecular weight excluding hydrogens is 390 g/mol. The van der Waals surface area contributed by atoms with E-state index in [-0.39, 0.29) is 23.6 Å². The molecule has 0 bridgehead atoms. The number of para-hydroxylation sites is 2. The minimum atomic E-state index is -0.570. The monoisotopic (exact) mass is 411 g/mol. The van der Waals surface area contributed by atoms with E-state index in [1.807, 2.05) is 66.9 Å². The average molecular weight is 411 g/mol. The summed E-state index contributed by atoms with van der Waals surface area (Å²) in [4.78, 5) is 27.3. The van der Waals surface area contributed by atoms with Crippen molar-refractivity contribution in [1.82, 2.24) is 9.78 Å². The van der Waals surface area contributed by atoms with Crippen LogP contribution in [-0.4, -0.2) is 28.7 Å². The number of carbonyl (C=O) groups excluding carboxylic acids is 2. The molecule has 4 aromatic rings. The molecule has 4 rings (SSSR count). The summed E-state index contributed by atoms with van der Waals surface area (Å²) in [7, 11) is 1.68. The Morgan fingerprint density at radius 2 is 1.45 bits per heavy atom. The summed E-state index contributed by atoms with van der Waals surface area (Å²) >= 11 is 0. The van der Waals surface area contributed by atoms with Gasteiger partial charge in [-0.3, -0.25) is 4.79 Å². The van der Waals surface area contributed by atoms with Gasteiger partial charge >= 0.3 is 5.97 Å². The van der Waals surface area contributed by atoms with Crippen molar-refractivity contribution in [3.63, 3.8) is 0 Å². The topological polar surface area (TPSA) is 64.4 Å². The Labute approximate surface area is 180 Å². The molecule has 0 aliphatic rings. The van der Waals surface area contributed by atoms with Crippen molar-refractivity contribution in [2.75, 3.05) is 11.9 Å². The van der Waals surface area contributed by atoms with Gasteiger partial charge in [-0.2, -0.15) is 5.10 Å². The Bertz CT molecular complexity index is 1190. The molecule has 0 N–H and O–H groups in total. The van der Waals surface area contributed by atoms with E-state index in [4.69, 9.17) is 4.74 Å². The number of nitrogens with zero attached hydrogens (tertiary/aromatic N) is 3. The van der Waals surface area contributed by atoms with Crippen LogP contribution in [0.4, 0.5) is 5.69 Å². The highest BCUT2D eigenvalue weighted by Gasteiger charge is 2.21. The van der Waals surface area contributed by atoms with Gasteiger partial charge < -0.3 is 9.64 Å². The molecule has 0 saturated heterocycles. The quantitative estimate of drug-likeness (QED) is 0.438. The number of anilines is 1. The van der Waals surface area contributed by atoms with E-state index in [1.165, 1.54) is 4.90 Å². The summed E-state index contributed by atoms with van der Waals surface area (Å²) in [5.74, 6) is -0.855. The van der Waals surface area contributed by atoms with Crippen molar-refractivity contribution in [2.45, 2.75) is 6.61 Å². The summed E-state index contributed by atoms with van der Waals surface area (Å²) < 4.78 is 7.17. The second-order valence-corrected chi connectivity index (χ2v) is 6.91. The molecule has 0 aliphatic heterocycles. The number of amides is 1. The Morgan fingerprint density at radius 1 is 0.839 bits per heavy atom. The van der Waals surface area contributed by atoms with Gasteiger partial charge in [0.15, 0.2) is 0 Å². The highest BCUT2D eigenvalue weighted by Crippen LogP contribution is 2.18. The number of esters is 1. The number of hydrogen-bond acceptors (Lipinski definition) is 4. The molecular formula is C25H21N3O3. The van der Waals surface area contributed by atoms with Crippen LogP contribution in [0.25, 0.3) is 5.69 Å². The molecule has 0 spiro atoms. The fourth-order valence-corrected chi connectivity index (χ4v) is 3.18. The van der Waals surface area contributed by atoms with Crippen LogP contribution in [0.1, 0.15) is 26.4 Å². The van der Waals surface area contributed by atoms with E-state index in [9.17, 15) is 9.59 Å². The molecule has 0 saturated carbocycles. The molecule has 6 heteroatoms. The molecule has 1 heterocycles. The predicted molar refractivity (Wildman–Crippen MR) is 118 cm³/mol. The molecule has 6 nitrogen and oxygen atoms in total. The Morgan fingerprint density at radius 3 is 2.16 bits per heavy atom. The van der Waals surface area contributed by atoms with Gasteiger partial charge in [0.1, 0.15) is 12.3 Å². The number of benzene rings is 3. The van der Waals surface area contributed by atoms with E-state index in [1.54, 1.807) is 42.1 Å². The van der Waals surface area contributed by atoms with Gasteiger partial charge in [-0.1, -0.05) is 48.5 Å². The molecule has 31 heavy (non-hydrogen) atoms. The number of ether oxygens (including phenoxy) is 1. The third-order valence-electron chi connectivity index (χ3n) is 4.84. The van der Waals surface area contributed by atoms with E-state index >= 15 is 0 Å². The Hall–Kier alpha value is -4.19. The molecule has 154 valence electrons. The maximum Gasteiger partial charge on any atom is 0.339 e. The highest BCUT2D eigenvalue weighted by atomic mass is 16.5. The van der Waals surface area contributed by atoms with Gasteiger partial charge in [0.05, 0.1) is 16.8 Å². The lowest BCUT2D eigenvalue weighted by atomic mass is 10.1. The van der Waals surface area contributed by atoms with Crippen LogP contribution in [0.3, 0.4) is 0 Å². The fraction of sp³-hybridized carbons (Fsp3) is 0.0800. The Balaban J connectivity index is 1.47. The third-order valence-corrected chi connectivity index (χ3v) is 4.84. The van der Waals surface area contributed by atoms with Crippen LogP contribution in [0.15, 0.2) is 97.2 Å². The van der Waals surface area contributed by atoms with E-state index in [0.717, 1.165) is 11.4 Å². The third kappa shape index (κ3) is 4.53. The zero-order valence-corrected chi connectivity index (χ0v) is 17.0. The van der Waals surface area contributed by atoms with Gasteiger partial charge in [0, 0.05) is 18.9 Å². The molecule has 0 atom stereocenters. The maximum atomic E-state index is 13.0. The fourth-order valence-electron chi connectivity index (χ4n) is 3.18. The minimum absolute atomic E-state index is 0.00964. The number of aromatic nitrogens is 2. The zero-order chi connectivity index (χ0) is 21.6. The normalized spacial score (nSPS) is 10.5. The standard InChI is InChI=1S/C25H21N3O3/c1-27(20-10-4-2-5-11-20)24(29)22-14-8-9-15-23(22)25(30)31-18-19-16-17-28(26-19)21-12-6-3-7-13-21/h2-17H,18H2,1H3. The van der Waals surface area contributed by atoms with Crippen molar-refractivity contribution < 1.29 is 14.3 Å². The van der Waals surface area contributed by atoms with Crippen LogP contribution in [0.5, 0.6) is 0 Å². The number of hydrogen-bond donors (Lipinski definition) is 0. The maximum absolute atomic E-state index is 13.0. The first-order chi connectivity index (χ1) is 15.1. The summed E-state index contributed by atoms with van der Waals surface area (Å²) in [6.45, 7) is 0.00964. The van der Waals surface area contributed by atoms with Crippen LogP contribution in [0.2, 0.25) is 0 Å². The van der Waals surface area contributed by atoms with E-state index in [0.29, 0.717) is 5.69 Å². The molecule has 1 aromatic heterocycles. The van der Waals surface area contributed by atoms with Gasteiger partial charge in [-0.25, -0.2) is 9.48 Å². The SMILES string of the molecule is CN(C(=O)c1ccccc1C(=O)OCc1ccn(-c2ccccc2)n1)c1ccccc1. The van der Waals surface area contributed by atoms with Gasteiger partial charge in [0.25, 0.3) is 5.91 Å². The summed E-state index contributed by atoms with van der Waals surface area (Å²) in [5.41, 5.74) is 2.77. The molecule has 0 unspecified atom stereocenters. The van der Waals surface area contributed by atoms with Gasteiger partial charge in [-0.05, 0) is 42.5 Å².